The number of benzene rings is 1. The van der Waals surface area contributed by atoms with Gasteiger partial charge in [0.15, 0.2) is 11.2 Å². The molecule has 0 aliphatic heterocycles. The van der Waals surface area contributed by atoms with Gasteiger partial charge in [0.1, 0.15) is 18.2 Å². The highest BCUT2D eigenvalue weighted by atomic mass is 79.9. The molecule has 25 heavy (non-hydrogen) atoms. The number of nitrogens with zero attached hydrogens (tertiary/aromatic N) is 1. The van der Waals surface area contributed by atoms with E-state index in [-0.39, 0.29) is 23.2 Å². The van der Waals surface area contributed by atoms with Crippen molar-refractivity contribution in [2.75, 3.05) is 7.11 Å². The molecule has 0 radical (unpaired) electrons. The predicted octanol–water partition coefficient (Wildman–Crippen LogP) is 2.88. The van der Waals surface area contributed by atoms with Crippen LogP contribution in [0.5, 0.6) is 11.5 Å². The van der Waals surface area contributed by atoms with Gasteiger partial charge in [0.25, 0.3) is 0 Å². The van der Waals surface area contributed by atoms with Crippen molar-refractivity contribution >= 4 is 15.9 Å². The summed E-state index contributed by atoms with van der Waals surface area (Å²) in [6.07, 6.45) is 3.11. The molecule has 1 aromatic carbocycles. The minimum atomic E-state index is -0.234. The molecule has 0 saturated carbocycles. The van der Waals surface area contributed by atoms with Gasteiger partial charge in [-0.15, -0.1) is 0 Å². The van der Waals surface area contributed by atoms with Gasteiger partial charge in [0.05, 0.1) is 17.9 Å². The molecule has 2 aromatic heterocycles. The summed E-state index contributed by atoms with van der Waals surface area (Å²) in [5.41, 5.74) is 0.522. The summed E-state index contributed by atoms with van der Waals surface area (Å²) in [6, 6.07) is 11.6. The van der Waals surface area contributed by atoms with Gasteiger partial charge in [-0.3, -0.25) is 9.59 Å². The number of H-pyrrole nitrogens is 1. The number of pyridine rings is 2. The first-order valence-corrected chi connectivity index (χ1v) is 8.23. The van der Waals surface area contributed by atoms with Crippen LogP contribution in [-0.2, 0) is 6.61 Å². The quantitative estimate of drug-likeness (QED) is 0.665. The third-order valence-electron chi connectivity index (χ3n) is 3.51. The second kappa shape index (κ2) is 7.40. The van der Waals surface area contributed by atoms with E-state index in [4.69, 9.17) is 9.47 Å². The van der Waals surface area contributed by atoms with Gasteiger partial charge in [-0.1, -0.05) is 12.1 Å². The smallest absolute Gasteiger partial charge is 0.223 e. The molecule has 6 nitrogen and oxygen atoms in total. The fourth-order valence-corrected chi connectivity index (χ4v) is 2.67. The molecule has 3 aromatic rings. The summed E-state index contributed by atoms with van der Waals surface area (Å²) in [6.45, 7) is 0.248. The Morgan fingerprint density at radius 1 is 1.12 bits per heavy atom. The molecule has 0 aliphatic rings. The van der Waals surface area contributed by atoms with E-state index < -0.39 is 0 Å². The number of hydrogen-bond donors (Lipinski definition) is 1. The van der Waals surface area contributed by atoms with Crippen molar-refractivity contribution in [2.45, 2.75) is 6.61 Å². The van der Waals surface area contributed by atoms with Gasteiger partial charge in [-0.2, -0.15) is 0 Å². The summed E-state index contributed by atoms with van der Waals surface area (Å²) < 4.78 is 12.9. The molecule has 2 heterocycles. The number of nitrogens with one attached hydrogen (secondary N) is 1. The summed E-state index contributed by atoms with van der Waals surface area (Å²) in [7, 11) is 1.60. The van der Waals surface area contributed by atoms with Crippen LogP contribution in [0.2, 0.25) is 0 Å². The Kier molecular flexibility index (Phi) is 5.04. The molecule has 0 saturated heterocycles. The van der Waals surface area contributed by atoms with E-state index in [1.807, 2.05) is 24.3 Å². The number of aromatic nitrogens is 2. The average molecular weight is 403 g/mol. The van der Waals surface area contributed by atoms with Crippen LogP contribution < -0.4 is 20.3 Å². The monoisotopic (exact) mass is 402 g/mol. The van der Waals surface area contributed by atoms with Gasteiger partial charge in [0, 0.05) is 24.4 Å². The highest BCUT2D eigenvalue weighted by Gasteiger charge is 2.05. The summed E-state index contributed by atoms with van der Waals surface area (Å²) >= 11 is 3.24. The zero-order chi connectivity index (χ0) is 17.8. The molecule has 0 unspecified atom stereocenters. The zero-order valence-electron chi connectivity index (χ0n) is 13.4. The summed E-state index contributed by atoms with van der Waals surface area (Å²) in [5.74, 6) is 1.47. The van der Waals surface area contributed by atoms with Crippen LogP contribution in [0, 0.1) is 0 Å². The lowest BCUT2D eigenvalue weighted by Crippen LogP contribution is -2.12. The molecule has 7 heteroatoms. The van der Waals surface area contributed by atoms with Crippen molar-refractivity contribution in [3.63, 3.8) is 0 Å². The molecule has 0 fully saturated rings. The molecule has 128 valence electrons. The highest BCUT2D eigenvalue weighted by Crippen LogP contribution is 2.14. The van der Waals surface area contributed by atoms with Crippen LogP contribution in [0.25, 0.3) is 5.82 Å². The van der Waals surface area contributed by atoms with Crippen LogP contribution in [0.3, 0.4) is 0 Å². The molecule has 0 bridgehead atoms. The van der Waals surface area contributed by atoms with Gasteiger partial charge in [0.2, 0.25) is 5.43 Å². The Balaban J connectivity index is 1.83. The standard InChI is InChI=1S/C18H15BrN2O4/c1-24-14-4-2-12(3-5-14)11-25-16-10-21(7-6-15(16)23)18-9-13(22)8-17(19)20-18/h2-10H,11H2,1H3,(H,20,22). The molecular weight excluding hydrogens is 388 g/mol. The van der Waals surface area contributed by atoms with Crippen molar-refractivity contribution in [1.82, 2.24) is 9.55 Å². The maximum absolute atomic E-state index is 12.0. The average Bonchev–Trinajstić information content (AvgIpc) is 2.60. The maximum atomic E-state index is 12.0. The van der Waals surface area contributed by atoms with Crippen LogP contribution in [0.15, 0.2) is 69.1 Å². The Labute approximate surface area is 151 Å². The lowest BCUT2D eigenvalue weighted by atomic mass is 10.2. The molecule has 1 N–H and O–H groups in total. The van der Waals surface area contributed by atoms with Crippen molar-refractivity contribution in [3.05, 3.63) is 85.5 Å². The third kappa shape index (κ3) is 4.19. The van der Waals surface area contributed by atoms with Gasteiger partial charge in [-0.05, 0) is 33.6 Å². The first-order valence-electron chi connectivity index (χ1n) is 7.43. The van der Waals surface area contributed by atoms with Gasteiger partial charge in [-0.25, -0.2) is 0 Å². The molecule has 3 rings (SSSR count). The van der Waals surface area contributed by atoms with Gasteiger partial charge < -0.3 is 19.0 Å². The summed E-state index contributed by atoms with van der Waals surface area (Å²) in [4.78, 5) is 26.7. The number of rotatable bonds is 5. The van der Waals surface area contributed by atoms with Crippen molar-refractivity contribution in [2.24, 2.45) is 0 Å². The lowest BCUT2D eigenvalue weighted by molar-refractivity contribution is 0.301. The van der Waals surface area contributed by atoms with Gasteiger partial charge >= 0.3 is 0 Å². The first-order chi connectivity index (χ1) is 12.0. The second-order valence-corrected chi connectivity index (χ2v) is 6.12. The van der Waals surface area contributed by atoms with Crippen molar-refractivity contribution in [3.8, 4) is 17.3 Å². The van der Waals surface area contributed by atoms with Crippen LogP contribution >= 0.6 is 15.9 Å². The van der Waals surface area contributed by atoms with Crippen molar-refractivity contribution in [1.29, 1.82) is 0 Å². The van der Waals surface area contributed by atoms with E-state index in [2.05, 4.69) is 20.9 Å². The predicted molar refractivity (Wildman–Crippen MR) is 97.7 cm³/mol. The SMILES string of the molecule is COc1ccc(COc2cn(-c3cc(=O)cc(Br)[nH]3)ccc2=O)cc1. The van der Waals surface area contributed by atoms with Crippen LogP contribution in [-0.4, -0.2) is 16.7 Å². The first kappa shape index (κ1) is 17.0. The Morgan fingerprint density at radius 2 is 1.88 bits per heavy atom. The summed E-state index contributed by atoms with van der Waals surface area (Å²) in [5, 5.41) is 0. The maximum Gasteiger partial charge on any atom is 0.223 e. The lowest BCUT2D eigenvalue weighted by Gasteiger charge is -2.10. The Hall–Kier alpha value is -2.80. The molecule has 0 aliphatic carbocycles. The number of hydrogen-bond acceptors (Lipinski definition) is 4. The van der Waals surface area contributed by atoms with E-state index in [0.29, 0.717) is 10.4 Å². The minimum Gasteiger partial charge on any atom is -0.497 e. The Bertz CT molecular complexity index is 993. The second-order valence-electron chi connectivity index (χ2n) is 5.27. The van der Waals surface area contributed by atoms with E-state index in [1.165, 1.54) is 18.2 Å². The largest absolute Gasteiger partial charge is 0.497 e. The van der Waals surface area contributed by atoms with Crippen LogP contribution in [0.4, 0.5) is 0 Å². The van der Waals surface area contributed by atoms with E-state index in [0.717, 1.165) is 11.3 Å². The third-order valence-corrected chi connectivity index (χ3v) is 3.94. The molecule has 0 atom stereocenters. The number of methoxy groups -OCH3 is 1. The number of halogens is 1. The van der Waals surface area contributed by atoms with Crippen molar-refractivity contribution < 1.29 is 9.47 Å². The normalized spacial score (nSPS) is 10.5. The topological polar surface area (TPSA) is 73.3 Å². The highest BCUT2D eigenvalue weighted by molar-refractivity contribution is 9.10. The number of aromatic amines is 1. The Morgan fingerprint density at radius 3 is 2.56 bits per heavy atom. The molecule has 0 amide bonds. The molecule has 0 spiro atoms. The van der Waals surface area contributed by atoms with E-state index >= 15 is 0 Å². The zero-order valence-corrected chi connectivity index (χ0v) is 14.9. The molecular formula is C18H15BrN2O4. The minimum absolute atomic E-state index is 0.153. The van der Waals surface area contributed by atoms with E-state index in [9.17, 15) is 9.59 Å². The van der Waals surface area contributed by atoms with E-state index in [1.54, 1.807) is 24.1 Å². The van der Waals surface area contributed by atoms with Crippen LogP contribution in [0.1, 0.15) is 5.56 Å². The number of ether oxygens (including phenoxy) is 2. The fraction of sp³-hybridized carbons (Fsp3) is 0.111. The fourth-order valence-electron chi connectivity index (χ4n) is 2.24.